The zero-order valence-corrected chi connectivity index (χ0v) is 29.0. The highest BCUT2D eigenvalue weighted by Gasteiger charge is 2.41. The van der Waals surface area contributed by atoms with E-state index in [1.165, 1.54) is 116 Å². The Kier molecular flexibility index (Phi) is 22.0. The summed E-state index contributed by atoms with van der Waals surface area (Å²) in [7, 11) is 4.51. The fourth-order valence-corrected chi connectivity index (χ4v) is 9.74. The maximum absolute atomic E-state index is 6.44. The van der Waals surface area contributed by atoms with Gasteiger partial charge in [-0.2, -0.15) is 0 Å². The monoisotopic (exact) mass is 638 g/mol. The van der Waals surface area contributed by atoms with Crippen LogP contribution < -0.4 is 5.32 Å². The molecular formula is C35H76ClN3O4. The van der Waals surface area contributed by atoms with Crippen LogP contribution in [-0.2, 0) is 0 Å². The Morgan fingerprint density at radius 2 is 1.35 bits per heavy atom. The number of nitrogens with one attached hydrogen (secondary N) is 1. The van der Waals surface area contributed by atoms with Gasteiger partial charge >= 0.3 is 0 Å². The number of halogens is 1. The molecule has 6 atom stereocenters. The standard InChI is InChI=1S/C34H64ClN3.CH4.4H2O/c1-25(2)33(23-38-18-17-32(34(3,4)24-38)28-13-15-31(35)16-14-28)36-21-26-9-7-11-29(19-26)30-12-8-10-27(20-30)22-37(5)6;;;;;/h25-33,36H,7-24H2,1-6H3;1H4;4*1H2/t26?,27?,28?,29?,30?,31?,32-,33+;;;;;/m1...../s1. The number of nitrogens with zero attached hydrogens (tertiary/aromatic N) is 2. The Balaban J connectivity index is 0. The summed E-state index contributed by atoms with van der Waals surface area (Å²) in [5.74, 6) is 6.30. The molecule has 43 heavy (non-hydrogen) atoms. The van der Waals surface area contributed by atoms with Gasteiger partial charge < -0.3 is 37.0 Å². The van der Waals surface area contributed by atoms with Crippen LogP contribution in [0.4, 0.5) is 0 Å². The first kappa shape index (κ1) is 45.1. The Hall–Kier alpha value is 0.01000. The van der Waals surface area contributed by atoms with Gasteiger partial charge in [-0.1, -0.05) is 60.8 Å². The van der Waals surface area contributed by atoms with Crippen LogP contribution in [0.1, 0.15) is 119 Å². The summed E-state index contributed by atoms with van der Waals surface area (Å²) >= 11 is 6.44. The largest absolute Gasteiger partial charge is 0.412 e. The predicted molar refractivity (Wildman–Crippen MR) is 187 cm³/mol. The van der Waals surface area contributed by atoms with Crippen molar-refractivity contribution in [3.05, 3.63) is 0 Å². The first-order chi connectivity index (χ1) is 18.1. The predicted octanol–water partition coefficient (Wildman–Crippen LogP) is 5.26. The highest BCUT2D eigenvalue weighted by Crippen LogP contribution is 2.46. The summed E-state index contributed by atoms with van der Waals surface area (Å²) in [6, 6.07) is 0.619. The van der Waals surface area contributed by atoms with Crippen LogP contribution in [0.2, 0.25) is 0 Å². The molecule has 4 unspecified atom stereocenters. The minimum Gasteiger partial charge on any atom is -0.412 e. The van der Waals surface area contributed by atoms with Crippen molar-refractivity contribution in [1.29, 1.82) is 0 Å². The molecule has 0 aromatic rings. The maximum atomic E-state index is 6.44. The summed E-state index contributed by atoms with van der Waals surface area (Å²) in [4.78, 5) is 5.24. The Morgan fingerprint density at radius 3 is 1.88 bits per heavy atom. The van der Waals surface area contributed by atoms with Crippen molar-refractivity contribution in [2.24, 2.45) is 46.8 Å². The van der Waals surface area contributed by atoms with Gasteiger partial charge in [0.15, 0.2) is 0 Å². The second-order valence-electron chi connectivity index (χ2n) is 15.7. The summed E-state index contributed by atoms with van der Waals surface area (Å²) in [6.07, 6.45) is 18.4. The molecule has 0 aromatic carbocycles. The van der Waals surface area contributed by atoms with Crippen molar-refractivity contribution in [3.63, 3.8) is 0 Å². The first-order valence-corrected chi connectivity index (χ1v) is 17.3. The lowest BCUT2D eigenvalue weighted by Gasteiger charge is -2.49. The van der Waals surface area contributed by atoms with Crippen molar-refractivity contribution >= 4 is 11.6 Å². The third-order valence-corrected chi connectivity index (χ3v) is 12.0. The summed E-state index contributed by atoms with van der Waals surface area (Å²) < 4.78 is 0. The van der Waals surface area contributed by atoms with Gasteiger partial charge in [0.1, 0.15) is 0 Å². The van der Waals surface area contributed by atoms with Gasteiger partial charge in [-0.3, -0.25) is 0 Å². The minimum absolute atomic E-state index is 0. The van der Waals surface area contributed by atoms with Crippen LogP contribution >= 0.6 is 11.6 Å². The van der Waals surface area contributed by atoms with E-state index in [4.69, 9.17) is 11.6 Å². The van der Waals surface area contributed by atoms with E-state index in [0.717, 1.165) is 35.5 Å². The lowest BCUT2D eigenvalue weighted by molar-refractivity contribution is 0.00444. The summed E-state index contributed by atoms with van der Waals surface area (Å²) in [6.45, 7) is 16.3. The fraction of sp³-hybridized carbons (Fsp3) is 1.00. The smallest absolute Gasteiger partial charge is 0.0336 e. The van der Waals surface area contributed by atoms with E-state index in [-0.39, 0.29) is 29.3 Å². The zero-order chi connectivity index (χ0) is 27.3. The van der Waals surface area contributed by atoms with Crippen molar-refractivity contribution in [2.45, 2.75) is 130 Å². The Labute approximate surface area is 271 Å². The van der Waals surface area contributed by atoms with Crippen LogP contribution in [0.15, 0.2) is 0 Å². The average molecular weight is 638 g/mol. The number of hydrogen-bond donors (Lipinski definition) is 1. The molecule has 262 valence electrons. The molecule has 4 rings (SSSR count). The fourth-order valence-electron chi connectivity index (χ4n) is 9.49. The van der Waals surface area contributed by atoms with E-state index in [0.29, 0.717) is 22.8 Å². The Bertz CT molecular complexity index is 705. The second kappa shape index (κ2) is 21.0. The quantitative estimate of drug-likeness (QED) is 0.326. The topological polar surface area (TPSA) is 145 Å². The van der Waals surface area contributed by atoms with Gasteiger partial charge in [0.2, 0.25) is 0 Å². The molecule has 8 heteroatoms. The highest BCUT2D eigenvalue weighted by molar-refractivity contribution is 6.20. The molecule has 1 saturated heterocycles. The third-order valence-electron chi connectivity index (χ3n) is 11.5. The van der Waals surface area contributed by atoms with Crippen molar-refractivity contribution < 1.29 is 21.9 Å². The molecule has 9 N–H and O–H groups in total. The molecule has 3 saturated carbocycles. The Morgan fingerprint density at radius 1 is 0.791 bits per heavy atom. The van der Waals surface area contributed by atoms with Crippen molar-refractivity contribution in [3.8, 4) is 0 Å². The van der Waals surface area contributed by atoms with Crippen LogP contribution in [0.3, 0.4) is 0 Å². The summed E-state index contributed by atoms with van der Waals surface area (Å²) in [5.41, 5.74) is 0.421. The number of rotatable bonds is 10. The molecule has 4 fully saturated rings. The van der Waals surface area contributed by atoms with Gasteiger partial charge in [-0.25, -0.2) is 0 Å². The van der Waals surface area contributed by atoms with Gasteiger partial charge in [0, 0.05) is 31.1 Å². The molecular weight excluding hydrogens is 562 g/mol. The van der Waals surface area contributed by atoms with E-state index < -0.39 is 0 Å². The van der Waals surface area contributed by atoms with Gasteiger partial charge in [0.25, 0.3) is 0 Å². The van der Waals surface area contributed by atoms with E-state index in [1.807, 2.05) is 0 Å². The van der Waals surface area contributed by atoms with Crippen LogP contribution in [0.5, 0.6) is 0 Å². The van der Waals surface area contributed by atoms with E-state index >= 15 is 0 Å². The van der Waals surface area contributed by atoms with E-state index in [2.05, 4.69) is 56.9 Å². The highest BCUT2D eigenvalue weighted by atomic mass is 35.5. The molecule has 3 aliphatic carbocycles. The number of alkyl halides is 1. The van der Waals surface area contributed by atoms with Crippen LogP contribution in [0, 0.1) is 46.8 Å². The lowest BCUT2D eigenvalue weighted by atomic mass is 9.64. The first-order valence-electron chi connectivity index (χ1n) is 16.8. The lowest BCUT2D eigenvalue weighted by Crippen LogP contribution is -2.53. The van der Waals surface area contributed by atoms with E-state index in [1.54, 1.807) is 0 Å². The molecule has 0 bridgehead atoms. The molecule has 0 radical (unpaired) electrons. The van der Waals surface area contributed by atoms with Gasteiger partial charge in [-0.15, -0.1) is 11.6 Å². The SMILES string of the molecule is C.CC(C)[C@H](CN1CC[C@H](C2CCC(Cl)CC2)C(C)(C)C1)NCC1CCCC(C2CCCC(CN(C)C)C2)C1.O.O.O.O. The molecule has 1 aliphatic heterocycles. The van der Waals surface area contributed by atoms with Gasteiger partial charge in [-0.05, 0) is 132 Å². The average Bonchev–Trinajstić information content (AvgIpc) is 2.86. The normalized spacial score (nSPS) is 33.6. The molecule has 0 spiro atoms. The number of hydrogen-bond acceptors (Lipinski definition) is 3. The zero-order valence-electron chi connectivity index (χ0n) is 28.2. The molecule has 0 aromatic heterocycles. The second-order valence-corrected chi connectivity index (χ2v) is 16.4. The molecule has 1 heterocycles. The third kappa shape index (κ3) is 13.3. The van der Waals surface area contributed by atoms with Crippen LogP contribution in [0.25, 0.3) is 0 Å². The van der Waals surface area contributed by atoms with Gasteiger partial charge in [0.05, 0.1) is 0 Å². The maximum Gasteiger partial charge on any atom is 0.0336 e. The van der Waals surface area contributed by atoms with E-state index in [9.17, 15) is 0 Å². The van der Waals surface area contributed by atoms with Crippen LogP contribution in [-0.4, -0.2) is 89.9 Å². The summed E-state index contributed by atoms with van der Waals surface area (Å²) in [5, 5.41) is 4.58. The molecule has 4 aliphatic rings. The molecule has 7 nitrogen and oxygen atoms in total. The number of likely N-dealkylation sites (tertiary alicyclic amines) is 1. The molecule has 0 amide bonds. The van der Waals surface area contributed by atoms with Crippen molar-refractivity contribution in [2.75, 3.05) is 46.8 Å². The minimum atomic E-state index is 0. The van der Waals surface area contributed by atoms with Crippen molar-refractivity contribution in [1.82, 2.24) is 15.1 Å². The number of piperidine rings is 1.